The van der Waals surface area contributed by atoms with E-state index in [1.807, 2.05) is 30.3 Å². The van der Waals surface area contributed by atoms with Crippen LogP contribution in [-0.4, -0.2) is 34.7 Å². The number of aromatic hydroxyl groups is 1. The maximum atomic E-state index is 13.2. The first-order chi connectivity index (χ1) is 15.5. The lowest BCUT2D eigenvalue weighted by atomic mass is 9.92. The molecular weight excluding hydrogens is 428 g/mol. The van der Waals surface area contributed by atoms with Crippen LogP contribution in [-0.2, 0) is 6.42 Å². The summed E-state index contributed by atoms with van der Waals surface area (Å²) in [6.45, 7) is 0.479. The van der Waals surface area contributed by atoms with Crippen LogP contribution in [0, 0.1) is 0 Å². The zero-order valence-corrected chi connectivity index (χ0v) is 18.1. The van der Waals surface area contributed by atoms with Crippen LogP contribution in [0.3, 0.4) is 0 Å². The van der Waals surface area contributed by atoms with Crippen molar-refractivity contribution < 1.29 is 19.4 Å². The highest BCUT2D eigenvalue weighted by Crippen LogP contribution is 2.39. The van der Waals surface area contributed by atoms with E-state index in [1.165, 1.54) is 0 Å². The SMILES string of the molecule is COc1ccc(OC(=O)N2CCc3c([nH]c4ccc(Cl)cc34)C2c2ccc(O)cc2)cc1. The van der Waals surface area contributed by atoms with Crippen molar-refractivity contribution >= 4 is 28.6 Å². The Balaban J connectivity index is 1.55. The number of phenols is 1. The number of amides is 1. The molecule has 0 radical (unpaired) electrons. The summed E-state index contributed by atoms with van der Waals surface area (Å²) in [5.74, 6) is 1.29. The predicted octanol–water partition coefficient (Wildman–Crippen LogP) is 5.68. The zero-order valence-electron chi connectivity index (χ0n) is 17.3. The molecule has 4 aromatic rings. The van der Waals surface area contributed by atoms with E-state index in [9.17, 15) is 9.90 Å². The van der Waals surface area contributed by atoms with Gasteiger partial charge in [-0.1, -0.05) is 23.7 Å². The van der Waals surface area contributed by atoms with Gasteiger partial charge in [0, 0.05) is 28.2 Å². The largest absolute Gasteiger partial charge is 0.508 e. The van der Waals surface area contributed by atoms with Crippen molar-refractivity contribution in [1.82, 2.24) is 9.88 Å². The maximum Gasteiger partial charge on any atom is 0.416 e. The zero-order chi connectivity index (χ0) is 22.2. The number of ether oxygens (including phenoxy) is 2. The molecule has 0 saturated heterocycles. The number of methoxy groups -OCH3 is 1. The normalized spacial score (nSPS) is 15.4. The van der Waals surface area contributed by atoms with Crippen LogP contribution in [0.5, 0.6) is 17.2 Å². The number of phenolic OH excluding ortho intramolecular Hbond substituents is 1. The van der Waals surface area contributed by atoms with E-state index in [0.29, 0.717) is 29.5 Å². The van der Waals surface area contributed by atoms with Gasteiger partial charge in [-0.15, -0.1) is 0 Å². The van der Waals surface area contributed by atoms with Gasteiger partial charge in [-0.25, -0.2) is 4.79 Å². The summed E-state index contributed by atoms with van der Waals surface area (Å²) in [6, 6.07) is 19.1. The number of carbonyl (C=O) groups excluding carboxylic acids is 1. The van der Waals surface area contributed by atoms with Gasteiger partial charge in [0.05, 0.1) is 7.11 Å². The lowest BCUT2D eigenvalue weighted by Crippen LogP contribution is -2.42. The van der Waals surface area contributed by atoms with Crippen molar-refractivity contribution in [3.8, 4) is 17.2 Å². The average Bonchev–Trinajstić information content (AvgIpc) is 3.17. The number of nitrogens with zero attached hydrogens (tertiary/aromatic N) is 1. The van der Waals surface area contributed by atoms with Gasteiger partial charge in [0.1, 0.15) is 23.3 Å². The van der Waals surface area contributed by atoms with E-state index in [1.54, 1.807) is 48.4 Å². The predicted molar refractivity (Wildman–Crippen MR) is 123 cm³/mol. The monoisotopic (exact) mass is 448 g/mol. The van der Waals surface area contributed by atoms with Crippen LogP contribution in [0.25, 0.3) is 10.9 Å². The molecule has 1 aromatic heterocycles. The first kappa shape index (κ1) is 20.3. The smallest absolute Gasteiger partial charge is 0.416 e. The fourth-order valence-electron chi connectivity index (χ4n) is 4.26. The van der Waals surface area contributed by atoms with E-state index in [0.717, 1.165) is 27.7 Å². The number of carbonyl (C=O) groups is 1. The second kappa shape index (κ2) is 8.13. The molecule has 0 bridgehead atoms. The van der Waals surface area contributed by atoms with Gasteiger partial charge in [-0.05, 0) is 72.1 Å². The summed E-state index contributed by atoms with van der Waals surface area (Å²) in [6.07, 6.45) is 0.220. The van der Waals surface area contributed by atoms with Crippen molar-refractivity contribution in [3.63, 3.8) is 0 Å². The number of benzene rings is 3. The molecular formula is C25H21ClN2O4. The van der Waals surface area contributed by atoms with Crippen molar-refractivity contribution in [2.75, 3.05) is 13.7 Å². The third-order valence-corrected chi connectivity index (χ3v) is 6.03. The van der Waals surface area contributed by atoms with Gasteiger partial charge in [0.25, 0.3) is 0 Å². The van der Waals surface area contributed by atoms with Crippen molar-refractivity contribution in [2.45, 2.75) is 12.5 Å². The van der Waals surface area contributed by atoms with E-state index in [2.05, 4.69) is 4.98 Å². The molecule has 32 heavy (non-hydrogen) atoms. The third-order valence-electron chi connectivity index (χ3n) is 5.80. The lowest BCUT2D eigenvalue weighted by Gasteiger charge is -2.35. The van der Waals surface area contributed by atoms with Gasteiger partial charge in [0.15, 0.2) is 0 Å². The molecule has 5 rings (SSSR count). The number of fused-ring (bicyclic) bond motifs is 3. The Labute approximate surface area is 190 Å². The molecule has 0 fully saturated rings. The fraction of sp³-hybridized carbons (Fsp3) is 0.160. The Morgan fingerprint density at radius 3 is 2.50 bits per heavy atom. The number of nitrogens with one attached hydrogen (secondary N) is 1. The number of rotatable bonds is 3. The number of aromatic amines is 1. The first-order valence-electron chi connectivity index (χ1n) is 10.2. The molecule has 0 saturated carbocycles. The fourth-order valence-corrected chi connectivity index (χ4v) is 4.44. The highest BCUT2D eigenvalue weighted by atomic mass is 35.5. The Hall–Kier alpha value is -3.64. The average molecular weight is 449 g/mol. The Kier molecular flexibility index (Phi) is 5.15. The van der Waals surface area contributed by atoms with Crippen LogP contribution in [0.2, 0.25) is 5.02 Å². The quantitative estimate of drug-likeness (QED) is 0.422. The first-order valence-corrected chi connectivity index (χ1v) is 10.6. The van der Waals surface area contributed by atoms with Gasteiger partial charge in [0.2, 0.25) is 0 Å². The molecule has 1 amide bonds. The summed E-state index contributed by atoms with van der Waals surface area (Å²) in [5.41, 5.74) is 3.89. The highest BCUT2D eigenvalue weighted by molar-refractivity contribution is 6.31. The van der Waals surface area contributed by atoms with Crippen molar-refractivity contribution in [1.29, 1.82) is 0 Å². The van der Waals surface area contributed by atoms with E-state index in [4.69, 9.17) is 21.1 Å². The molecule has 3 aromatic carbocycles. The van der Waals surface area contributed by atoms with Crippen LogP contribution >= 0.6 is 11.6 Å². The van der Waals surface area contributed by atoms with Gasteiger partial charge >= 0.3 is 6.09 Å². The van der Waals surface area contributed by atoms with Gasteiger partial charge in [-0.2, -0.15) is 0 Å². The number of hydrogen-bond donors (Lipinski definition) is 2. The minimum Gasteiger partial charge on any atom is -0.508 e. The lowest BCUT2D eigenvalue weighted by molar-refractivity contribution is 0.135. The van der Waals surface area contributed by atoms with Gasteiger partial charge < -0.3 is 19.6 Å². The van der Waals surface area contributed by atoms with Crippen LogP contribution < -0.4 is 9.47 Å². The van der Waals surface area contributed by atoms with E-state index >= 15 is 0 Å². The molecule has 1 atom stereocenters. The van der Waals surface area contributed by atoms with Crippen LogP contribution in [0.15, 0.2) is 66.7 Å². The second-order valence-corrected chi connectivity index (χ2v) is 8.12. The highest BCUT2D eigenvalue weighted by Gasteiger charge is 2.35. The molecule has 7 heteroatoms. The summed E-state index contributed by atoms with van der Waals surface area (Å²) in [4.78, 5) is 18.4. The van der Waals surface area contributed by atoms with Crippen molar-refractivity contribution in [2.24, 2.45) is 0 Å². The molecule has 2 heterocycles. The minimum atomic E-state index is -0.449. The molecule has 0 aliphatic carbocycles. The number of H-pyrrole nitrogens is 1. The van der Waals surface area contributed by atoms with Crippen LogP contribution in [0.4, 0.5) is 4.79 Å². The van der Waals surface area contributed by atoms with Crippen LogP contribution in [0.1, 0.15) is 22.9 Å². The summed E-state index contributed by atoms with van der Waals surface area (Å²) in [5, 5.41) is 11.5. The van der Waals surface area contributed by atoms with Gasteiger partial charge in [-0.3, -0.25) is 4.90 Å². The Morgan fingerprint density at radius 2 is 1.78 bits per heavy atom. The molecule has 6 nitrogen and oxygen atoms in total. The maximum absolute atomic E-state index is 13.2. The number of aromatic nitrogens is 1. The minimum absolute atomic E-state index is 0.167. The number of hydrogen-bond acceptors (Lipinski definition) is 4. The second-order valence-electron chi connectivity index (χ2n) is 7.69. The van der Waals surface area contributed by atoms with E-state index < -0.39 is 12.1 Å². The molecule has 1 aliphatic heterocycles. The van der Waals surface area contributed by atoms with E-state index in [-0.39, 0.29) is 5.75 Å². The molecule has 1 aliphatic rings. The summed E-state index contributed by atoms with van der Waals surface area (Å²) < 4.78 is 10.9. The Bertz CT molecular complexity index is 1280. The molecule has 0 spiro atoms. The third kappa shape index (κ3) is 3.63. The summed E-state index contributed by atoms with van der Waals surface area (Å²) in [7, 11) is 1.59. The number of halogens is 1. The van der Waals surface area contributed by atoms with Crippen molar-refractivity contribution in [3.05, 3.63) is 88.6 Å². The molecule has 2 N–H and O–H groups in total. The molecule has 162 valence electrons. The Morgan fingerprint density at radius 1 is 1.06 bits per heavy atom. The standard InChI is InChI=1S/C25H21ClN2O4/c1-31-18-7-9-19(10-8-18)32-25(30)28-13-12-20-21-14-16(26)4-11-22(21)27-23(20)24(28)15-2-5-17(29)6-3-15/h2-11,14,24,27,29H,12-13H2,1H3. The topological polar surface area (TPSA) is 74.8 Å². The molecule has 1 unspecified atom stereocenters. The summed E-state index contributed by atoms with van der Waals surface area (Å²) >= 11 is 6.24.